The Kier molecular flexibility index (Phi) is 3.45. The molecule has 2 aromatic rings. The molecule has 0 amide bonds. The highest BCUT2D eigenvalue weighted by Crippen LogP contribution is 2.30. The van der Waals surface area contributed by atoms with Gasteiger partial charge in [0.05, 0.1) is 6.04 Å². The number of hydrogen-bond donors (Lipinski definition) is 0. The maximum absolute atomic E-state index is 11.6. The fraction of sp³-hybridized carbons (Fsp3) is 0.143. The van der Waals surface area contributed by atoms with Crippen molar-refractivity contribution < 1.29 is 4.79 Å². The molecule has 0 spiro atoms. The van der Waals surface area contributed by atoms with Crippen LogP contribution in [0.15, 0.2) is 48.0 Å². The first-order valence-electron chi connectivity index (χ1n) is 5.45. The molecular formula is C14H12N2OS. The Labute approximate surface area is 110 Å². The molecule has 90 valence electrons. The van der Waals surface area contributed by atoms with Crippen molar-refractivity contribution in [3.05, 3.63) is 58.6 Å². The molecule has 18 heavy (non-hydrogen) atoms. The molecule has 0 saturated carbocycles. The number of Topliss-reactive ketones (excluding diaryl/α,β-unsaturated/α-hetero) is 1. The third kappa shape index (κ3) is 2.13. The Morgan fingerprint density at radius 2 is 2.28 bits per heavy atom. The molecule has 0 bridgehead atoms. The third-order valence-corrected chi connectivity index (χ3v) is 3.69. The number of aromatic nitrogens is 1. The highest BCUT2D eigenvalue weighted by Gasteiger charge is 2.22. The van der Waals surface area contributed by atoms with Gasteiger partial charge in [-0.15, -0.1) is 11.3 Å². The van der Waals surface area contributed by atoms with E-state index in [4.69, 9.17) is 5.26 Å². The zero-order valence-corrected chi connectivity index (χ0v) is 10.8. The van der Waals surface area contributed by atoms with Gasteiger partial charge in [0.1, 0.15) is 11.8 Å². The minimum Gasteiger partial charge on any atom is -0.327 e. The third-order valence-electron chi connectivity index (χ3n) is 2.77. The lowest BCUT2D eigenvalue weighted by Gasteiger charge is -2.19. The molecule has 0 unspecified atom stereocenters. The molecule has 4 heteroatoms. The van der Waals surface area contributed by atoms with Crippen LogP contribution in [0.5, 0.6) is 0 Å². The molecule has 0 saturated heterocycles. The van der Waals surface area contributed by atoms with Crippen LogP contribution in [0.3, 0.4) is 0 Å². The van der Waals surface area contributed by atoms with Gasteiger partial charge in [-0.1, -0.05) is 12.6 Å². The molecule has 0 aliphatic rings. The van der Waals surface area contributed by atoms with Gasteiger partial charge >= 0.3 is 0 Å². The summed E-state index contributed by atoms with van der Waals surface area (Å²) in [6.45, 7) is 5.37. The number of rotatable bonds is 4. The van der Waals surface area contributed by atoms with Crippen molar-refractivity contribution in [2.45, 2.75) is 13.0 Å². The number of hydrogen-bond acceptors (Lipinski definition) is 3. The van der Waals surface area contributed by atoms with E-state index in [-0.39, 0.29) is 11.8 Å². The minimum atomic E-state index is -0.285. The van der Waals surface area contributed by atoms with Gasteiger partial charge in [0.2, 0.25) is 0 Å². The number of nitriles is 1. The van der Waals surface area contributed by atoms with Crippen LogP contribution in [0.25, 0.3) is 0 Å². The fourth-order valence-electron chi connectivity index (χ4n) is 1.83. The van der Waals surface area contributed by atoms with E-state index in [9.17, 15) is 4.79 Å². The van der Waals surface area contributed by atoms with Crippen molar-refractivity contribution in [3.63, 3.8) is 0 Å². The summed E-state index contributed by atoms with van der Waals surface area (Å²) >= 11 is 1.55. The van der Waals surface area contributed by atoms with Crippen LogP contribution in [0.1, 0.15) is 23.5 Å². The second-order valence-corrected chi connectivity index (χ2v) is 4.89. The highest BCUT2D eigenvalue weighted by molar-refractivity contribution is 7.10. The molecule has 0 aliphatic heterocycles. The molecule has 2 rings (SSSR count). The fourth-order valence-corrected chi connectivity index (χ4v) is 2.69. The van der Waals surface area contributed by atoms with Crippen molar-refractivity contribution in [2.24, 2.45) is 0 Å². The van der Waals surface area contributed by atoms with Crippen LogP contribution in [-0.4, -0.2) is 10.4 Å². The lowest BCUT2D eigenvalue weighted by atomic mass is 10.0. The highest BCUT2D eigenvalue weighted by atomic mass is 32.1. The Balaban J connectivity index is 2.54. The molecular weight excluding hydrogens is 244 g/mol. The average molecular weight is 256 g/mol. The maximum Gasteiger partial charge on any atom is 0.157 e. The van der Waals surface area contributed by atoms with Gasteiger partial charge < -0.3 is 4.57 Å². The van der Waals surface area contributed by atoms with Gasteiger partial charge in [0.15, 0.2) is 5.78 Å². The van der Waals surface area contributed by atoms with Gasteiger partial charge in [0, 0.05) is 16.6 Å². The number of carbonyl (C=O) groups is 1. The molecule has 2 heterocycles. The minimum absolute atomic E-state index is 0.0639. The van der Waals surface area contributed by atoms with E-state index in [1.807, 2.05) is 17.5 Å². The van der Waals surface area contributed by atoms with E-state index >= 15 is 0 Å². The first-order chi connectivity index (χ1) is 8.65. The first kappa shape index (κ1) is 12.3. The van der Waals surface area contributed by atoms with Gasteiger partial charge in [-0.25, -0.2) is 0 Å². The average Bonchev–Trinajstić information content (AvgIpc) is 3.00. The summed E-state index contributed by atoms with van der Waals surface area (Å²) in [7, 11) is 0. The molecule has 0 N–H and O–H groups in total. The van der Waals surface area contributed by atoms with E-state index in [0.717, 1.165) is 4.88 Å². The normalized spacial score (nSPS) is 11.8. The van der Waals surface area contributed by atoms with Crippen LogP contribution in [0.2, 0.25) is 0 Å². The summed E-state index contributed by atoms with van der Waals surface area (Å²) in [5.41, 5.74) is 1.01. The molecule has 0 radical (unpaired) electrons. The van der Waals surface area contributed by atoms with E-state index in [1.54, 1.807) is 34.2 Å². The summed E-state index contributed by atoms with van der Waals surface area (Å²) in [5.74, 6) is -0.0639. The van der Waals surface area contributed by atoms with Crippen molar-refractivity contribution in [1.29, 1.82) is 5.26 Å². The molecule has 2 aromatic heterocycles. The zero-order chi connectivity index (χ0) is 13.1. The largest absolute Gasteiger partial charge is 0.327 e. The SMILES string of the molecule is C=C(C(C)=O)[C@@H](c1cccs1)n1cccc1C#N. The summed E-state index contributed by atoms with van der Waals surface area (Å²) in [5, 5.41) is 11.0. The molecule has 0 fully saturated rings. The van der Waals surface area contributed by atoms with E-state index in [1.165, 1.54) is 6.92 Å². The van der Waals surface area contributed by atoms with Crippen molar-refractivity contribution >= 4 is 17.1 Å². The lowest BCUT2D eigenvalue weighted by Crippen LogP contribution is -2.16. The van der Waals surface area contributed by atoms with E-state index in [0.29, 0.717) is 11.3 Å². The number of thiophene rings is 1. The van der Waals surface area contributed by atoms with Crippen LogP contribution in [0.4, 0.5) is 0 Å². The zero-order valence-electron chi connectivity index (χ0n) is 9.96. The molecule has 3 nitrogen and oxygen atoms in total. The first-order valence-corrected chi connectivity index (χ1v) is 6.33. The summed E-state index contributed by atoms with van der Waals surface area (Å²) < 4.78 is 1.79. The maximum atomic E-state index is 11.6. The van der Waals surface area contributed by atoms with Gasteiger partial charge in [-0.3, -0.25) is 4.79 Å². The quantitative estimate of drug-likeness (QED) is 0.789. The number of nitrogens with zero attached hydrogens (tertiary/aromatic N) is 2. The smallest absolute Gasteiger partial charge is 0.157 e. The number of carbonyl (C=O) groups excluding carboxylic acids is 1. The van der Waals surface area contributed by atoms with Crippen molar-refractivity contribution in [2.75, 3.05) is 0 Å². The predicted molar refractivity (Wildman–Crippen MR) is 71.4 cm³/mol. The second kappa shape index (κ2) is 5.03. The summed E-state index contributed by atoms with van der Waals surface area (Å²) in [6.07, 6.45) is 1.80. The second-order valence-electron chi connectivity index (χ2n) is 3.91. The Hall–Kier alpha value is -2.12. The Morgan fingerprint density at radius 1 is 1.50 bits per heavy atom. The predicted octanol–water partition coefficient (Wildman–Crippen LogP) is 3.16. The van der Waals surface area contributed by atoms with Gasteiger partial charge in [-0.2, -0.15) is 5.26 Å². The Morgan fingerprint density at radius 3 is 2.83 bits per heavy atom. The lowest BCUT2D eigenvalue weighted by molar-refractivity contribution is -0.113. The van der Waals surface area contributed by atoms with Gasteiger partial charge in [0.25, 0.3) is 0 Å². The molecule has 0 aromatic carbocycles. The standard InChI is InChI=1S/C14H12N2OS/c1-10(11(2)17)14(13-6-4-8-18-13)16-7-3-5-12(16)9-15/h3-8,14H,1H2,2H3/t14-/m0/s1. The van der Waals surface area contributed by atoms with Crippen LogP contribution in [-0.2, 0) is 4.79 Å². The topological polar surface area (TPSA) is 45.8 Å². The van der Waals surface area contributed by atoms with E-state index < -0.39 is 0 Å². The van der Waals surface area contributed by atoms with Gasteiger partial charge in [-0.05, 0) is 30.5 Å². The van der Waals surface area contributed by atoms with Crippen molar-refractivity contribution in [1.82, 2.24) is 4.57 Å². The molecule has 0 aliphatic carbocycles. The van der Waals surface area contributed by atoms with Crippen LogP contribution >= 0.6 is 11.3 Å². The van der Waals surface area contributed by atoms with E-state index in [2.05, 4.69) is 12.6 Å². The number of ketones is 1. The van der Waals surface area contributed by atoms with Crippen molar-refractivity contribution in [3.8, 4) is 6.07 Å². The van der Waals surface area contributed by atoms with Crippen LogP contribution < -0.4 is 0 Å². The summed E-state index contributed by atoms with van der Waals surface area (Å²) in [4.78, 5) is 12.6. The summed E-state index contributed by atoms with van der Waals surface area (Å²) in [6, 6.07) is 9.25. The van der Waals surface area contributed by atoms with Crippen LogP contribution in [0, 0.1) is 11.3 Å². The number of allylic oxidation sites excluding steroid dienone is 1. The Bertz CT molecular complexity index is 617. The molecule has 1 atom stereocenters. The monoisotopic (exact) mass is 256 g/mol.